The van der Waals surface area contributed by atoms with Crippen LogP contribution in [-0.2, 0) is 14.3 Å². The number of nitrogens with zero attached hydrogens (tertiary/aromatic N) is 1. The van der Waals surface area contributed by atoms with E-state index in [1.807, 2.05) is 24.8 Å². The molecule has 2 saturated heterocycles. The summed E-state index contributed by atoms with van der Waals surface area (Å²) in [5, 5.41) is 0. The highest BCUT2D eigenvalue weighted by atomic mass is 32.2. The minimum absolute atomic E-state index is 0.0463. The van der Waals surface area contributed by atoms with Gasteiger partial charge in [-0.1, -0.05) is 18.7 Å². The van der Waals surface area contributed by atoms with Gasteiger partial charge in [-0.15, -0.1) is 0 Å². The van der Waals surface area contributed by atoms with Crippen LogP contribution in [0.25, 0.3) is 0 Å². The van der Waals surface area contributed by atoms with Gasteiger partial charge < -0.3 is 4.74 Å². The molecule has 0 aromatic carbocycles. The molecular weight excluding hydrogens is 274 g/mol. The summed E-state index contributed by atoms with van der Waals surface area (Å²) in [7, 11) is 0. The van der Waals surface area contributed by atoms with Gasteiger partial charge in [0.2, 0.25) is 0 Å². The zero-order chi connectivity index (χ0) is 14.3. The van der Waals surface area contributed by atoms with E-state index in [9.17, 15) is 9.59 Å². The first-order valence-corrected chi connectivity index (χ1v) is 7.94. The third-order valence-corrected chi connectivity index (χ3v) is 5.17. The predicted molar refractivity (Wildman–Crippen MR) is 78.0 cm³/mol. The molecule has 3 heterocycles. The SMILES string of the molecule is C=CCOC(=O)C1=C2CCSC[C@@H]2[C@@H]2/C(=C/C)C(=O)N12. The second-order valence-corrected chi connectivity index (χ2v) is 6.21. The number of thioether (sulfide) groups is 1. The molecule has 3 rings (SSSR count). The van der Waals surface area contributed by atoms with Crippen molar-refractivity contribution in [3.05, 3.63) is 35.6 Å². The van der Waals surface area contributed by atoms with Crippen molar-refractivity contribution in [1.29, 1.82) is 0 Å². The molecule has 0 bridgehead atoms. The maximum atomic E-state index is 12.2. The van der Waals surface area contributed by atoms with Crippen LogP contribution >= 0.6 is 11.8 Å². The average molecular weight is 291 g/mol. The van der Waals surface area contributed by atoms with Gasteiger partial charge in [-0.25, -0.2) is 4.79 Å². The first-order chi connectivity index (χ1) is 9.70. The number of hydrogen-bond donors (Lipinski definition) is 0. The second kappa shape index (κ2) is 5.13. The van der Waals surface area contributed by atoms with Gasteiger partial charge in [0.15, 0.2) is 0 Å². The minimum Gasteiger partial charge on any atom is -0.457 e. The van der Waals surface area contributed by atoms with E-state index >= 15 is 0 Å². The highest BCUT2D eigenvalue weighted by Crippen LogP contribution is 2.50. The van der Waals surface area contributed by atoms with Crippen molar-refractivity contribution in [2.24, 2.45) is 5.92 Å². The Kier molecular flexibility index (Phi) is 3.46. The van der Waals surface area contributed by atoms with Gasteiger partial charge in [0, 0.05) is 17.2 Å². The molecule has 3 aliphatic rings. The van der Waals surface area contributed by atoms with Crippen molar-refractivity contribution in [1.82, 2.24) is 4.90 Å². The molecule has 0 saturated carbocycles. The average Bonchev–Trinajstić information content (AvgIpc) is 2.77. The molecule has 0 unspecified atom stereocenters. The lowest BCUT2D eigenvalue weighted by atomic mass is 9.84. The highest BCUT2D eigenvalue weighted by Gasteiger charge is 2.56. The molecule has 0 spiro atoms. The van der Waals surface area contributed by atoms with Gasteiger partial charge in [0.05, 0.1) is 6.04 Å². The molecule has 0 aliphatic carbocycles. The summed E-state index contributed by atoms with van der Waals surface area (Å²) in [5.74, 6) is 1.82. The van der Waals surface area contributed by atoms with Crippen molar-refractivity contribution in [3.63, 3.8) is 0 Å². The summed E-state index contributed by atoms with van der Waals surface area (Å²) in [6, 6.07) is 0.0570. The third-order valence-electron chi connectivity index (χ3n) is 4.09. The van der Waals surface area contributed by atoms with Crippen molar-refractivity contribution >= 4 is 23.6 Å². The Hall–Kier alpha value is -1.49. The van der Waals surface area contributed by atoms with Crippen LogP contribution in [0.4, 0.5) is 0 Å². The number of β-lactam (4-membered cyclic amide) rings is 1. The smallest absolute Gasteiger partial charge is 0.355 e. The molecule has 0 N–H and O–H groups in total. The Morgan fingerprint density at radius 3 is 3.10 bits per heavy atom. The monoisotopic (exact) mass is 291 g/mol. The van der Waals surface area contributed by atoms with Crippen LogP contribution in [0.15, 0.2) is 35.6 Å². The maximum Gasteiger partial charge on any atom is 0.355 e. The molecule has 0 radical (unpaired) electrons. The van der Waals surface area contributed by atoms with E-state index in [2.05, 4.69) is 6.58 Å². The maximum absolute atomic E-state index is 12.2. The van der Waals surface area contributed by atoms with Crippen LogP contribution in [0.3, 0.4) is 0 Å². The van der Waals surface area contributed by atoms with E-state index in [-0.39, 0.29) is 30.4 Å². The van der Waals surface area contributed by atoms with Crippen LogP contribution in [0.5, 0.6) is 0 Å². The first kappa shape index (κ1) is 13.5. The largest absolute Gasteiger partial charge is 0.457 e. The van der Waals surface area contributed by atoms with Crippen LogP contribution in [0.1, 0.15) is 13.3 Å². The number of ether oxygens (including phenoxy) is 1. The van der Waals surface area contributed by atoms with E-state index in [1.165, 1.54) is 0 Å². The molecule has 3 aliphatic heterocycles. The van der Waals surface area contributed by atoms with Crippen molar-refractivity contribution in [2.75, 3.05) is 18.1 Å². The summed E-state index contributed by atoms with van der Waals surface area (Å²) >= 11 is 1.89. The van der Waals surface area contributed by atoms with Crippen molar-refractivity contribution in [3.8, 4) is 0 Å². The molecule has 0 aromatic heterocycles. The van der Waals surface area contributed by atoms with E-state index in [0.717, 1.165) is 29.1 Å². The van der Waals surface area contributed by atoms with Crippen molar-refractivity contribution < 1.29 is 14.3 Å². The first-order valence-electron chi connectivity index (χ1n) is 6.79. The lowest BCUT2D eigenvalue weighted by Crippen LogP contribution is -2.55. The number of amides is 1. The zero-order valence-corrected chi connectivity index (χ0v) is 12.2. The van der Waals surface area contributed by atoms with Gasteiger partial charge >= 0.3 is 5.97 Å². The predicted octanol–water partition coefficient (Wildman–Crippen LogP) is 1.89. The zero-order valence-electron chi connectivity index (χ0n) is 11.4. The summed E-state index contributed by atoms with van der Waals surface area (Å²) in [6.45, 7) is 5.60. The Morgan fingerprint density at radius 2 is 2.40 bits per heavy atom. The van der Waals surface area contributed by atoms with Gasteiger partial charge in [-0.3, -0.25) is 9.69 Å². The molecule has 20 heavy (non-hydrogen) atoms. The molecule has 106 valence electrons. The normalized spacial score (nSPS) is 29.9. The molecule has 0 aromatic rings. The number of allylic oxidation sites excluding steroid dienone is 1. The van der Waals surface area contributed by atoms with Crippen LogP contribution < -0.4 is 0 Å². The fourth-order valence-electron chi connectivity index (χ4n) is 3.24. The Morgan fingerprint density at radius 1 is 1.60 bits per heavy atom. The second-order valence-electron chi connectivity index (χ2n) is 5.06. The molecule has 4 nitrogen and oxygen atoms in total. The molecule has 1 amide bonds. The number of fused-ring (bicyclic) bond motifs is 3. The topological polar surface area (TPSA) is 46.6 Å². The number of carbonyl (C=O) groups is 2. The van der Waals surface area contributed by atoms with Crippen LogP contribution in [0, 0.1) is 5.92 Å². The Balaban J connectivity index is 1.95. The summed E-state index contributed by atoms with van der Waals surface area (Å²) < 4.78 is 5.16. The highest BCUT2D eigenvalue weighted by molar-refractivity contribution is 7.99. The number of esters is 1. The quantitative estimate of drug-likeness (QED) is 0.345. The fraction of sp³-hybridized carbons (Fsp3) is 0.467. The molecule has 2 fully saturated rings. The van der Waals surface area contributed by atoms with Gasteiger partial charge in [0.1, 0.15) is 12.3 Å². The lowest BCUT2D eigenvalue weighted by molar-refractivity contribution is -0.145. The number of hydrogen-bond acceptors (Lipinski definition) is 4. The molecule has 5 heteroatoms. The van der Waals surface area contributed by atoms with Crippen LogP contribution in [-0.4, -0.2) is 40.9 Å². The van der Waals surface area contributed by atoms with Gasteiger partial charge in [-0.2, -0.15) is 11.8 Å². The lowest BCUT2D eigenvalue weighted by Gasteiger charge is -2.41. The summed E-state index contributed by atoms with van der Waals surface area (Å²) in [5.41, 5.74) is 2.44. The van der Waals surface area contributed by atoms with E-state index in [4.69, 9.17) is 4.74 Å². The van der Waals surface area contributed by atoms with Gasteiger partial charge in [0.25, 0.3) is 5.91 Å². The van der Waals surface area contributed by atoms with E-state index in [1.54, 1.807) is 11.0 Å². The van der Waals surface area contributed by atoms with Gasteiger partial charge in [-0.05, 0) is 24.7 Å². The summed E-state index contributed by atoms with van der Waals surface area (Å²) in [4.78, 5) is 26.1. The van der Waals surface area contributed by atoms with Crippen molar-refractivity contribution in [2.45, 2.75) is 19.4 Å². The standard InChI is InChI=1S/C15H17NO3S/c1-3-6-19-15(18)13-10-5-7-20-8-11(10)12-9(4-2)14(17)16(12)13/h3-4,11-12H,1,5-8H2,2H3/b9-4-/t11-,12-/m0/s1. The van der Waals surface area contributed by atoms with E-state index < -0.39 is 0 Å². The number of rotatable bonds is 3. The minimum atomic E-state index is -0.386. The Bertz CT molecular complexity index is 549. The van der Waals surface area contributed by atoms with Crippen LogP contribution in [0.2, 0.25) is 0 Å². The number of carbonyl (C=O) groups excluding carboxylic acids is 2. The Labute approximate surface area is 122 Å². The van der Waals surface area contributed by atoms with E-state index in [0.29, 0.717) is 5.70 Å². The fourth-order valence-corrected chi connectivity index (χ4v) is 4.41. The molecule has 2 atom stereocenters. The summed E-state index contributed by atoms with van der Waals surface area (Å²) in [6.07, 6.45) is 4.28. The third kappa shape index (κ3) is 1.76. The molecular formula is C15H17NO3S.